The summed E-state index contributed by atoms with van der Waals surface area (Å²) in [5, 5.41) is 0. The predicted octanol–water partition coefficient (Wildman–Crippen LogP) is 3.80. The summed E-state index contributed by atoms with van der Waals surface area (Å²) in [6.07, 6.45) is 9.83. The lowest BCUT2D eigenvalue weighted by molar-refractivity contribution is -0.121. The summed E-state index contributed by atoms with van der Waals surface area (Å²) in [5.41, 5.74) is 4.15. The van der Waals surface area contributed by atoms with E-state index in [0.717, 1.165) is 22.6 Å². The first kappa shape index (κ1) is 16.2. The Labute approximate surface area is 157 Å². The number of carbonyl (C=O) groups is 1. The summed E-state index contributed by atoms with van der Waals surface area (Å²) in [6.45, 7) is 5.76. The Kier molecular flexibility index (Phi) is 3.29. The molecule has 1 saturated carbocycles. The van der Waals surface area contributed by atoms with Crippen molar-refractivity contribution < 1.29 is 4.79 Å². The standard InChI is InChI=1S/C21H21N5O/c1-13-22-9-16(10-23-13)26-19-8-15(6-7-17(19)21(2,3)20(26)27)25-11-18(24-12-25)14-4-5-14/h6-12,14H,4-5H2,1-3H3. The van der Waals surface area contributed by atoms with Gasteiger partial charge in [-0.05, 0) is 51.3 Å². The second-order valence-electron chi connectivity index (χ2n) is 7.94. The Morgan fingerprint density at radius 1 is 1.07 bits per heavy atom. The SMILES string of the molecule is Cc1ncc(N2C(=O)C(C)(C)c3ccc(-n4cnc(C5CC5)c4)cc32)cn1. The lowest BCUT2D eigenvalue weighted by atomic mass is 9.86. The summed E-state index contributed by atoms with van der Waals surface area (Å²) >= 11 is 0. The number of benzene rings is 1. The lowest BCUT2D eigenvalue weighted by Gasteiger charge is -2.20. The Balaban J connectivity index is 1.62. The zero-order valence-electron chi connectivity index (χ0n) is 15.7. The molecule has 1 amide bonds. The monoisotopic (exact) mass is 359 g/mol. The first-order valence-electron chi connectivity index (χ1n) is 9.27. The van der Waals surface area contributed by atoms with Crippen molar-refractivity contribution in [3.8, 4) is 5.69 Å². The summed E-state index contributed by atoms with van der Waals surface area (Å²) in [7, 11) is 0. The van der Waals surface area contributed by atoms with Gasteiger partial charge in [0.25, 0.3) is 0 Å². The maximum Gasteiger partial charge on any atom is 0.241 e. The number of amides is 1. The van der Waals surface area contributed by atoms with E-state index in [1.807, 2.05) is 31.7 Å². The Hall–Kier alpha value is -3.02. The molecular weight excluding hydrogens is 338 g/mol. The lowest BCUT2D eigenvalue weighted by Crippen LogP contribution is -2.33. The van der Waals surface area contributed by atoms with E-state index < -0.39 is 5.41 Å². The molecule has 0 N–H and O–H groups in total. The fourth-order valence-corrected chi connectivity index (χ4v) is 3.72. The van der Waals surface area contributed by atoms with E-state index in [-0.39, 0.29) is 5.91 Å². The van der Waals surface area contributed by atoms with Crippen LogP contribution in [-0.4, -0.2) is 25.4 Å². The molecule has 6 nitrogen and oxygen atoms in total. The summed E-state index contributed by atoms with van der Waals surface area (Å²) < 4.78 is 2.04. The topological polar surface area (TPSA) is 63.9 Å². The average molecular weight is 359 g/mol. The van der Waals surface area contributed by atoms with Crippen LogP contribution in [0.1, 0.15) is 49.7 Å². The van der Waals surface area contributed by atoms with Crippen LogP contribution in [-0.2, 0) is 10.2 Å². The fraction of sp³-hybridized carbons (Fsp3) is 0.333. The quantitative estimate of drug-likeness (QED) is 0.713. The molecule has 136 valence electrons. The van der Waals surface area contributed by atoms with Crippen molar-refractivity contribution in [2.24, 2.45) is 0 Å². The summed E-state index contributed by atoms with van der Waals surface area (Å²) in [4.78, 5) is 28.0. The van der Waals surface area contributed by atoms with Gasteiger partial charge in [0.15, 0.2) is 0 Å². The number of fused-ring (bicyclic) bond motifs is 1. The first-order valence-corrected chi connectivity index (χ1v) is 9.27. The first-order chi connectivity index (χ1) is 12.9. The molecule has 5 rings (SSSR count). The number of rotatable bonds is 3. The normalized spacial score (nSPS) is 18.0. The zero-order valence-corrected chi connectivity index (χ0v) is 15.7. The van der Waals surface area contributed by atoms with Crippen molar-refractivity contribution in [3.63, 3.8) is 0 Å². The molecule has 2 aliphatic rings. The minimum Gasteiger partial charge on any atom is -0.306 e. The Morgan fingerprint density at radius 3 is 2.52 bits per heavy atom. The van der Waals surface area contributed by atoms with Crippen LogP contribution in [0.15, 0.2) is 43.1 Å². The van der Waals surface area contributed by atoms with Crippen LogP contribution in [0.25, 0.3) is 5.69 Å². The fourth-order valence-electron chi connectivity index (χ4n) is 3.72. The molecule has 6 heteroatoms. The van der Waals surface area contributed by atoms with E-state index in [2.05, 4.69) is 39.3 Å². The van der Waals surface area contributed by atoms with E-state index in [0.29, 0.717) is 17.4 Å². The molecule has 1 fully saturated rings. The van der Waals surface area contributed by atoms with Crippen LogP contribution in [0.5, 0.6) is 0 Å². The smallest absolute Gasteiger partial charge is 0.241 e. The molecule has 0 bridgehead atoms. The molecule has 0 saturated heterocycles. The number of carbonyl (C=O) groups excluding carboxylic acids is 1. The Bertz CT molecular complexity index is 1050. The molecule has 27 heavy (non-hydrogen) atoms. The molecule has 1 aliphatic heterocycles. The maximum absolute atomic E-state index is 13.2. The van der Waals surface area contributed by atoms with Crippen LogP contribution in [0.2, 0.25) is 0 Å². The second kappa shape index (κ2) is 5.49. The highest BCUT2D eigenvalue weighted by molar-refractivity contribution is 6.12. The largest absolute Gasteiger partial charge is 0.306 e. The minimum absolute atomic E-state index is 0.0337. The van der Waals surface area contributed by atoms with Gasteiger partial charge in [-0.25, -0.2) is 15.0 Å². The molecule has 0 spiro atoms. The van der Waals surface area contributed by atoms with Gasteiger partial charge in [0, 0.05) is 17.8 Å². The number of hydrogen-bond acceptors (Lipinski definition) is 4. The van der Waals surface area contributed by atoms with Crippen LogP contribution in [0, 0.1) is 6.92 Å². The molecule has 1 aromatic carbocycles. The van der Waals surface area contributed by atoms with E-state index in [1.165, 1.54) is 12.8 Å². The van der Waals surface area contributed by atoms with Gasteiger partial charge < -0.3 is 4.57 Å². The van der Waals surface area contributed by atoms with Crippen molar-refractivity contribution >= 4 is 17.3 Å². The van der Waals surface area contributed by atoms with Crippen LogP contribution >= 0.6 is 0 Å². The van der Waals surface area contributed by atoms with Gasteiger partial charge in [-0.1, -0.05) is 6.07 Å². The van der Waals surface area contributed by atoms with Crippen molar-refractivity contribution in [3.05, 3.63) is 60.2 Å². The minimum atomic E-state index is -0.590. The van der Waals surface area contributed by atoms with Crippen molar-refractivity contribution in [1.29, 1.82) is 0 Å². The van der Waals surface area contributed by atoms with Gasteiger partial charge in [-0.15, -0.1) is 0 Å². The molecular formula is C21H21N5O. The number of aryl methyl sites for hydroxylation is 1. The Morgan fingerprint density at radius 2 is 1.81 bits per heavy atom. The second-order valence-corrected chi connectivity index (χ2v) is 7.94. The van der Waals surface area contributed by atoms with Gasteiger partial charge in [0.05, 0.1) is 41.2 Å². The van der Waals surface area contributed by atoms with Crippen LogP contribution < -0.4 is 4.90 Å². The number of anilines is 2. The van der Waals surface area contributed by atoms with E-state index in [1.54, 1.807) is 17.3 Å². The molecule has 1 aliphatic carbocycles. The van der Waals surface area contributed by atoms with Crippen molar-refractivity contribution in [2.75, 3.05) is 4.90 Å². The van der Waals surface area contributed by atoms with Gasteiger partial charge in [0.1, 0.15) is 5.82 Å². The van der Waals surface area contributed by atoms with Gasteiger partial charge in [-0.2, -0.15) is 0 Å². The van der Waals surface area contributed by atoms with E-state index >= 15 is 0 Å². The third-order valence-electron chi connectivity index (χ3n) is 5.56. The van der Waals surface area contributed by atoms with Gasteiger partial charge in [-0.3, -0.25) is 9.69 Å². The van der Waals surface area contributed by atoms with Crippen molar-refractivity contribution in [1.82, 2.24) is 19.5 Å². The molecule has 0 unspecified atom stereocenters. The summed E-state index contributed by atoms with van der Waals surface area (Å²) in [5.74, 6) is 1.33. The van der Waals surface area contributed by atoms with Gasteiger partial charge in [0.2, 0.25) is 5.91 Å². The third kappa shape index (κ3) is 2.47. The predicted molar refractivity (Wildman–Crippen MR) is 102 cm³/mol. The molecule has 3 aromatic rings. The third-order valence-corrected chi connectivity index (χ3v) is 5.56. The highest BCUT2D eigenvalue weighted by Gasteiger charge is 2.45. The molecule has 2 aromatic heterocycles. The maximum atomic E-state index is 13.2. The zero-order chi connectivity index (χ0) is 18.8. The number of hydrogen-bond donors (Lipinski definition) is 0. The highest BCUT2D eigenvalue weighted by Crippen LogP contribution is 2.46. The van der Waals surface area contributed by atoms with Crippen LogP contribution in [0.3, 0.4) is 0 Å². The van der Waals surface area contributed by atoms with E-state index in [9.17, 15) is 4.79 Å². The molecule has 3 heterocycles. The number of imidazole rings is 1. The average Bonchev–Trinajstić information content (AvgIpc) is 3.35. The molecule has 0 radical (unpaired) electrons. The van der Waals surface area contributed by atoms with Crippen molar-refractivity contribution in [2.45, 2.75) is 44.9 Å². The van der Waals surface area contributed by atoms with E-state index in [4.69, 9.17) is 0 Å². The highest BCUT2D eigenvalue weighted by atomic mass is 16.2. The number of nitrogens with zero attached hydrogens (tertiary/aromatic N) is 5. The molecule has 0 atom stereocenters. The van der Waals surface area contributed by atoms with Gasteiger partial charge >= 0.3 is 0 Å². The van der Waals surface area contributed by atoms with Crippen LogP contribution in [0.4, 0.5) is 11.4 Å². The number of aromatic nitrogens is 4. The summed E-state index contributed by atoms with van der Waals surface area (Å²) in [6, 6.07) is 6.16.